The quantitative estimate of drug-likeness (QED) is 0.842. The molecule has 0 saturated carbocycles. The minimum Gasteiger partial charge on any atom is -0.333 e. The van der Waals surface area contributed by atoms with Crippen molar-refractivity contribution in [3.8, 4) is 0 Å². The highest BCUT2D eigenvalue weighted by Gasteiger charge is 2.16. The molecule has 0 atom stereocenters. The maximum Gasteiger partial charge on any atom is 0.321 e. The Kier molecular flexibility index (Phi) is 3.40. The van der Waals surface area contributed by atoms with Crippen LogP contribution >= 0.6 is 11.3 Å². The van der Waals surface area contributed by atoms with E-state index in [4.69, 9.17) is 0 Å². The molecule has 1 aromatic heterocycles. The summed E-state index contributed by atoms with van der Waals surface area (Å²) < 4.78 is 26.8. The number of nitrogens with one attached hydrogen (secondary N) is 2. The van der Waals surface area contributed by atoms with Crippen molar-refractivity contribution in [1.82, 2.24) is 10.3 Å². The molecule has 102 valence electrons. The molecule has 19 heavy (non-hydrogen) atoms. The standard InChI is InChI=1S/C12H13F2N3OS/c1-12(2,3)17-10(18)16-11-15-9-7(14)4-6(13)5-8(9)19-11/h4-5H,1-3H3,(H2,15,16,17,18). The fourth-order valence-electron chi connectivity index (χ4n) is 1.48. The van der Waals surface area contributed by atoms with Gasteiger partial charge in [-0.1, -0.05) is 11.3 Å². The summed E-state index contributed by atoms with van der Waals surface area (Å²) in [5, 5.41) is 5.41. The Labute approximate surface area is 112 Å². The lowest BCUT2D eigenvalue weighted by molar-refractivity contribution is 0.244. The normalized spacial score (nSPS) is 11.6. The molecule has 0 aliphatic heterocycles. The van der Waals surface area contributed by atoms with Crippen molar-refractivity contribution >= 4 is 32.7 Å². The number of fused-ring (bicyclic) bond motifs is 1. The van der Waals surface area contributed by atoms with E-state index in [1.54, 1.807) is 0 Å². The summed E-state index contributed by atoms with van der Waals surface area (Å²) in [6.45, 7) is 5.50. The molecule has 0 fully saturated rings. The largest absolute Gasteiger partial charge is 0.333 e. The summed E-state index contributed by atoms with van der Waals surface area (Å²) in [7, 11) is 0. The smallest absolute Gasteiger partial charge is 0.321 e. The molecule has 1 heterocycles. The van der Waals surface area contributed by atoms with E-state index in [2.05, 4.69) is 15.6 Å². The summed E-state index contributed by atoms with van der Waals surface area (Å²) in [5.74, 6) is -1.41. The van der Waals surface area contributed by atoms with Crippen molar-refractivity contribution < 1.29 is 13.6 Å². The summed E-state index contributed by atoms with van der Waals surface area (Å²) in [6, 6.07) is 1.51. The first-order chi connectivity index (χ1) is 8.74. The Morgan fingerprint density at radius 3 is 2.63 bits per heavy atom. The number of carbonyl (C=O) groups is 1. The minimum absolute atomic E-state index is 0.0532. The van der Waals surface area contributed by atoms with Crippen molar-refractivity contribution in [2.75, 3.05) is 5.32 Å². The van der Waals surface area contributed by atoms with Crippen LogP contribution in [-0.4, -0.2) is 16.6 Å². The maximum atomic E-state index is 13.4. The Bertz CT molecular complexity index is 634. The molecule has 4 nitrogen and oxygen atoms in total. The minimum atomic E-state index is -0.740. The second-order valence-corrected chi connectivity index (χ2v) is 6.11. The maximum absolute atomic E-state index is 13.4. The average molecular weight is 285 g/mol. The third kappa shape index (κ3) is 3.37. The number of rotatable bonds is 1. The van der Waals surface area contributed by atoms with Crippen LogP contribution in [0, 0.1) is 11.6 Å². The van der Waals surface area contributed by atoms with Crippen LogP contribution < -0.4 is 10.6 Å². The van der Waals surface area contributed by atoms with Gasteiger partial charge in [0.25, 0.3) is 0 Å². The van der Waals surface area contributed by atoms with Crippen molar-refractivity contribution in [2.45, 2.75) is 26.3 Å². The van der Waals surface area contributed by atoms with Gasteiger partial charge in [0.2, 0.25) is 0 Å². The molecule has 0 unspecified atom stereocenters. The number of anilines is 1. The summed E-state index contributed by atoms with van der Waals surface area (Å²) >= 11 is 1.02. The van der Waals surface area contributed by atoms with E-state index in [1.807, 2.05) is 20.8 Å². The molecule has 2 aromatic rings. The van der Waals surface area contributed by atoms with E-state index < -0.39 is 23.2 Å². The zero-order valence-electron chi connectivity index (χ0n) is 10.7. The van der Waals surface area contributed by atoms with Gasteiger partial charge in [0.15, 0.2) is 10.9 Å². The van der Waals surface area contributed by atoms with E-state index in [0.717, 1.165) is 17.4 Å². The average Bonchev–Trinajstić information content (AvgIpc) is 2.56. The lowest BCUT2D eigenvalue weighted by Crippen LogP contribution is -2.43. The number of benzene rings is 1. The van der Waals surface area contributed by atoms with Gasteiger partial charge in [0.1, 0.15) is 11.3 Å². The number of halogens is 2. The Balaban J connectivity index is 2.23. The molecule has 0 spiro atoms. The van der Waals surface area contributed by atoms with Crippen LogP contribution in [0.25, 0.3) is 10.2 Å². The third-order valence-corrected chi connectivity index (χ3v) is 3.04. The van der Waals surface area contributed by atoms with Gasteiger partial charge in [0, 0.05) is 11.6 Å². The molecule has 0 radical (unpaired) electrons. The monoisotopic (exact) mass is 285 g/mol. The van der Waals surface area contributed by atoms with E-state index in [-0.39, 0.29) is 10.6 Å². The Hall–Kier alpha value is -1.76. The lowest BCUT2D eigenvalue weighted by atomic mass is 10.1. The summed E-state index contributed by atoms with van der Waals surface area (Å²) in [5.41, 5.74) is -0.338. The predicted molar refractivity (Wildman–Crippen MR) is 71.4 cm³/mol. The first-order valence-electron chi connectivity index (χ1n) is 5.59. The number of aromatic nitrogens is 1. The van der Waals surface area contributed by atoms with Crippen molar-refractivity contribution in [3.05, 3.63) is 23.8 Å². The van der Waals surface area contributed by atoms with Crippen LogP contribution in [0.4, 0.5) is 18.7 Å². The van der Waals surface area contributed by atoms with Crippen molar-refractivity contribution in [3.63, 3.8) is 0 Å². The molecule has 2 rings (SSSR count). The highest BCUT2D eigenvalue weighted by Crippen LogP contribution is 2.28. The van der Waals surface area contributed by atoms with Crippen LogP contribution in [0.1, 0.15) is 20.8 Å². The van der Waals surface area contributed by atoms with Gasteiger partial charge < -0.3 is 5.32 Å². The number of hydrogen-bond donors (Lipinski definition) is 2. The Morgan fingerprint density at radius 2 is 2.00 bits per heavy atom. The van der Waals surface area contributed by atoms with E-state index in [9.17, 15) is 13.6 Å². The van der Waals surface area contributed by atoms with Crippen LogP contribution in [0.3, 0.4) is 0 Å². The number of thiazole rings is 1. The fraction of sp³-hybridized carbons (Fsp3) is 0.333. The molecule has 7 heteroatoms. The lowest BCUT2D eigenvalue weighted by Gasteiger charge is -2.19. The van der Waals surface area contributed by atoms with Gasteiger partial charge in [-0.25, -0.2) is 18.6 Å². The van der Waals surface area contributed by atoms with E-state index in [0.29, 0.717) is 4.70 Å². The zero-order chi connectivity index (χ0) is 14.2. The van der Waals surface area contributed by atoms with Crippen LogP contribution in [-0.2, 0) is 0 Å². The predicted octanol–water partition coefficient (Wildman–Crippen LogP) is 3.49. The first-order valence-corrected chi connectivity index (χ1v) is 6.41. The molecular formula is C12H13F2N3OS. The highest BCUT2D eigenvalue weighted by atomic mass is 32.1. The highest BCUT2D eigenvalue weighted by molar-refractivity contribution is 7.22. The van der Waals surface area contributed by atoms with E-state index in [1.165, 1.54) is 6.07 Å². The number of hydrogen-bond acceptors (Lipinski definition) is 3. The van der Waals surface area contributed by atoms with Crippen LogP contribution in [0.15, 0.2) is 12.1 Å². The second kappa shape index (κ2) is 4.73. The van der Waals surface area contributed by atoms with Gasteiger partial charge >= 0.3 is 6.03 Å². The second-order valence-electron chi connectivity index (χ2n) is 5.08. The van der Waals surface area contributed by atoms with Crippen LogP contribution in [0.5, 0.6) is 0 Å². The molecule has 1 aromatic carbocycles. The first kappa shape index (κ1) is 13.7. The molecule has 0 aliphatic carbocycles. The topological polar surface area (TPSA) is 54.0 Å². The molecule has 0 saturated heterocycles. The SMILES string of the molecule is CC(C)(C)NC(=O)Nc1nc2c(F)cc(F)cc2s1. The zero-order valence-corrected chi connectivity index (χ0v) is 11.5. The number of carbonyl (C=O) groups excluding carboxylic acids is 1. The van der Waals surface area contributed by atoms with E-state index >= 15 is 0 Å². The van der Waals surface area contributed by atoms with Gasteiger partial charge in [-0.2, -0.15) is 0 Å². The third-order valence-electron chi connectivity index (χ3n) is 2.12. The molecule has 2 N–H and O–H groups in total. The van der Waals surface area contributed by atoms with Gasteiger partial charge in [-0.15, -0.1) is 0 Å². The van der Waals surface area contributed by atoms with Crippen molar-refractivity contribution in [2.24, 2.45) is 0 Å². The molecule has 2 amide bonds. The van der Waals surface area contributed by atoms with Gasteiger partial charge in [0.05, 0.1) is 4.70 Å². The molecule has 0 bridgehead atoms. The Morgan fingerprint density at radius 1 is 1.32 bits per heavy atom. The fourth-order valence-corrected chi connectivity index (χ4v) is 2.38. The number of amides is 2. The summed E-state index contributed by atoms with van der Waals surface area (Å²) in [4.78, 5) is 15.6. The van der Waals surface area contributed by atoms with Gasteiger partial charge in [-0.3, -0.25) is 5.32 Å². The van der Waals surface area contributed by atoms with Crippen molar-refractivity contribution in [1.29, 1.82) is 0 Å². The summed E-state index contributed by atoms with van der Waals surface area (Å²) in [6.07, 6.45) is 0. The number of nitrogens with zero attached hydrogens (tertiary/aromatic N) is 1. The number of urea groups is 1. The van der Waals surface area contributed by atoms with Gasteiger partial charge in [-0.05, 0) is 26.8 Å². The van der Waals surface area contributed by atoms with Crippen LogP contribution in [0.2, 0.25) is 0 Å². The molecular weight excluding hydrogens is 272 g/mol. The molecule has 0 aliphatic rings.